The molecule has 12 heavy (non-hydrogen) atoms. The Hall–Kier alpha value is -0.730. The van der Waals surface area contributed by atoms with Crippen molar-refractivity contribution in [1.29, 1.82) is 0 Å². The Morgan fingerprint density at radius 1 is 1.33 bits per heavy atom. The average Bonchev–Trinajstić information content (AvgIpc) is 2.04. The van der Waals surface area contributed by atoms with Crippen LogP contribution in [0.25, 0.3) is 0 Å². The van der Waals surface area contributed by atoms with Crippen molar-refractivity contribution in [1.82, 2.24) is 0 Å². The molecule has 1 rings (SSSR count). The lowest BCUT2D eigenvalue weighted by Gasteiger charge is -2.23. The van der Waals surface area contributed by atoms with Crippen LogP contribution in [-0.4, -0.2) is 6.04 Å². The molecule has 0 aliphatic rings. The van der Waals surface area contributed by atoms with Gasteiger partial charge in [-0.1, -0.05) is 23.7 Å². The summed E-state index contributed by atoms with van der Waals surface area (Å²) in [5.74, 6) is 5.79. The van der Waals surface area contributed by atoms with Crippen molar-refractivity contribution in [2.45, 2.75) is 19.9 Å². The molecule has 0 aromatic heterocycles. The van der Waals surface area contributed by atoms with E-state index in [4.69, 9.17) is 17.4 Å². The van der Waals surface area contributed by atoms with E-state index in [-0.39, 0.29) is 6.04 Å². The van der Waals surface area contributed by atoms with Crippen LogP contribution in [0.2, 0.25) is 5.02 Å². The maximum absolute atomic E-state index is 5.94. The molecule has 3 heteroatoms. The van der Waals surface area contributed by atoms with E-state index in [2.05, 4.69) is 0 Å². The number of hydrogen-bond donors (Lipinski definition) is 1. The van der Waals surface area contributed by atoms with Gasteiger partial charge in [-0.3, -0.25) is 0 Å². The minimum Gasteiger partial charge on any atom is -0.307 e. The molecule has 0 heterocycles. The molecular weight excluding hydrogens is 172 g/mol. The zero-order valence-corrected chi connectivity index (χ0v) is 8.05. The van der Waals surface area contributed by atoms with E-state index in [1.807, 2.05) is 38.1 Å². The quantitative estimate of drug-likeness (QED) is 0.565. The Balaban J connectivity index is 2.94. The summed E-state index contributed by atoms with van der Waals surface area (Å²) in [6.07, 6.45) is 0. The van der Waals surface area contributed by atoms with Gasteiger partial charge in [-0.15, -0.1) is 0 Å². The van der Waals surface area contributed by atoms with Crippen LogP contribution in [0, 0.1) is 0 Å². The first-order valence-electron chi connectivity index (χ1n) is 3.91. The van der Waals surface area contributed by atoms with Crippen LogP contribution in [0.1, 0.15) is 13.8 Å². The number of halogens is 1. The van der Waals surface area contributed by atoms with E-state index in [0.29, 0.717) is 5.02 Å². The van der Waals surface area contributed by atoms with Gasteiger partial charge in [-0.05, 0) is 26.0 Å². The second-order valence-electron chi connectivity index (χ2n) is 2.95. The summed E-state index contributed by atoms with van der Waals surface area (Å²) in [5.41, 5.74) is 0.870. The van der Waals surface area contributed by atoms with Crippen molar-refractivity contribution in [2.24, 2.45) is 5.84 Å². The number of anilines is 1. The summed E-state index contributed by atoms with van der Waals surface area (Å²) in [6, 6.07) is 7.80. The van der Waals surface area contributed by atoms with Gasteiger partial charge in [-0.2, -0.15) is 0 Å². The predicted octanol–water partition coefficient (Wildman–Crippen LogP) is 2.43. The third kappa shape index (κ3) is 1.90. The number of hydrazine groups is 1. The van der Waals surface area contributed by atoms with Crippen LogP contribution < -0.4 is 10.9 Å². The number of para-hydroxylation sites is 1. The summed E-state index contributed by atoms with van der Waals surface area (Å²) in [4.78, 5) is 0. The van der Waals surface area contributed by atoms with Gasteiger partial charge in [0.25, 0.3) is 0 Å². The van der Waals surface area contributed by atoms with Crippen LogP contribution in [0.15, 0.2) is 24.3 Å². The van der Waals surface area contributed by atoms with Crippen molar-refractivity contribution in [3.8, 4) is 0 Å². The number of nitrogens with zero attached hydrogens (tertiary/aromatic N) is 1. The maximum atomic E-state index is 5.94. The van der Waals surface area contributed by atoms with Crippen molar-refractivity contribution in [3.63, 3.8) is 0 Å². The summed E-state index contributed by atoms with van der Waals surface area (Å²) in [7, 11) is 0. The number of nitrogens with two attached hydrogens (primary N) is 1. The highest BCUT2D eigenvalue weighted by Gasteiger charge is 2.07. The van der Waals surface area contributed by atoms with E-state index in [9.17, 15) is 0 Å². The van der Waals surface area contributed by atoms with Gasteiger partial charge in [-0.25, -0.2) is 5.84 Å². The molecule has 0 amide bonds. The second-order valence-corrected chi connectivity index (χ2v) is 3.36. The molecule has 0 spiro atoms. The third-order valence-corrected chi connectivity index (χ3v) is 2.01. The van der Waals surface area contributed by atoms with Gasteiger partial charge < -0.3 is 5.01 Å². The van der Waals surface area contributed by atoms with Crippen LogP contribution in [0.3, 0.4) is 0 Å². The lowest BCUT2D eigenvalue weighted by atomic mass is 10.2. The Bertz CT molecular complexity index is 260. The first kappa shape index (κ1) is 9.36. The lowest BCUT2D eigenvalue weighted by molar-refractivity contribution is 0.711. The first-order valence-corrected chi connectivity index (χ1v) is 4.29. The van der Waals surface area contributed by atoms with E-state index in [1.165, 1.54) is 0 Å². The molecule has 0 saturated heterocycles. The number of hydrogen-bond acceptors (Lipinski definition) is 2. The molecule has 0 fully saturated rings. The molecule has 1 aromatic carbocycles. The number of rotatable bonds is 2. The highest BCUT2D eigenvalue weighted by molar-refractivity contribution is 6.33. The highest BCUT2D eigenvalue weighted by atomic mass is 35.5. The van der Waals surface area contributed by atoms with Crippen LogP contribution in [0.4, 0.5) is 5.69 Å². The smallest absolute Gasteiger partial charge is 0.0706 e. The van der Waals surface area contributed by atoms with Gasteiger partial charge in [0, 0.05) is 6.04 Å². The minimum absolute atomic E-state index is 0.255. The molecular formula is C9H13ClN2. The fraction of sp³-hybridized carbons (Fsp3) is 0.333. The van der Waals surface area contributed by atoms with Crippen molar-refractivity contribution < 1.29 is 0 Å². The monoisotopic (exact) mass is 184 g/mol. The number of benzene rings is 1. The zero-order valence-electron chi connectivity index (χ0n) is 7.29. The predicted molar refractivity (Wildman–Crippen MR) is 53.3 cm³/mol. The third-order valence-electron chi connectivity index (χ3n) is 1.69. The minimum atomic E-state index is 0.255. The SMILES string of the molecule is CC(C)N(N)c1ccccc1Cl. The van der Waals surface area contributed by atoms with Gasteiger partial charge in [0.1, 0.15) is 0 Å². The Morgan fingerprint density at radius 2 is 1.92 bits per heavy atom. The Morgan fingerprint density at radius 3 is 2.42 bits per heavy atom. The van der Waals surface area contributed by atoms with E-state index in [0.717, 1.165) is 5.69 Å². The maximum Gasteiger partial charge on any atom is 0.0706 e. The van der Waals surface area contributed by atoms with Crippen molar-refractivity contribution >= 4 is 17.3 Å². The molecule has 0 bridgehead atoms. The molecule has 66 valence electrons. The molecule has 0 atom stereocenters. The van der Waals surface area contributed by atoms with Gasteiger partial charge in [0.05, 0.1) is 10.7 Å². The largest absolute Gasteiger partial charge is 0.307 e. The Kier molecular flexibility index (Phi) is 2.95. The average molecular weight is 185 g/mol. The van der Waals surface area contributed by atoms with Gasteiger partial charge in [0.2, 0.25) is 0 Å². The molecule has 2 N–H and O–H groups in total. The molecule has 1 aromatic rings. The zero-order chi connectivity index (χ0) is 9.14. The van der Waals surface area contributed by atoms with Crippen molar-refractivity contribution in [3.05, 3.63) is 29.3 Å². The summed E-state index contributed by atoms with van der Waals surface area (Å²) < 4.78 is 0. The van der Waals surface area contributed by atoms with Crippen LogP contribution >= 0.6 is 11.6 Å². The summed E-state index contributed by atoms with van der Waals surface area (Å²) in [5, 5.41) is 2.34. The topological polar surface area (TPSA) is 29.3 Å². The molecule has 0 aliphatic heterocycles. The van der Waals surface area contributed by atoms with Gasteiger partial charge in [0.15, 0.2) is 0 Å². The van der Waals surface area contributed by atoms with E-state index < -0.39 is 0 Å². The van der Waals surface area contributed by atoms with E-state index in [1.54, 1.807) is 5.01 Å². The summed E-state index contributed by atoms with van der Waals surface area (Å²) >= 11 is 5.94. The lowest BCUT2D eigenvalue weighted by Crippen LogP contribution is -2.37. The molecule has 0 aliphatic carbocycles. The fourth-order valence-electron chi connectivity index (χ4n) is 0.939. The normalized spacial score (nSPS) is 10.4. The highest BCUT2D eigenvalue weighted by Crippen LogP contribution is 2.23. The molecule has 2 nitrogen and oxygen atoms in total. The molecule has 0 saturated carbocycles. The van der Waals surface area contributed by atoms with Crippen LogP contribution in [0.5, 0.6) is 0 Å². The van der Waals surface area contributed by atoms with Gasteiger partial charge >= 0.3 is 0 Å². The first-order chi connectivity index (χ1) is 5.63. The summed E-state index contributed by atoms with van der Waals surface area (Å²) in [6.45, 7) is 4.03. The molecule has 0 unspecified atom stereocenters. The Labute approximate surface area is 77.9 Å². The fourth-order valence-corrected chi connectivity index (χ4v) is 1.17. The standard InChI is InChI=1S/C9H13ClN2/c1-7(2)12(11)9-6-4-3-5-8(9)10/h3-7H,11H2,1-2H3. The van der Waals surface area contributed by atoms with Crippen LogP contribution in [-0.2, 0) is 0 Å². The van der Waals surface area contributed by atoms with E-state index >= 15 is 0 Å². The molecule has 0 radical (unpaired) electrons. The van der Waals surface area contributed by atoms with Crippen molar-refractivity contribution in [2.75, 3.05) is 5.01 Å². The second kappa shape index (κ2) is 3.78.